The highest BCUT2D eigenvalue weighted by atomic mass is 16.3. The van der Waals surface area contributed by atoms with E-state index in [1.54, 1.807) is 0 Å². The fraction of sp³-hybridized carbons (Fsp3) is 0.588. The Morgan fingerprint density at radius 2 is 2.10 bits per heavy atom. The van der Waals surface area contributed by atoms with E-state index in [0.717, 1.165) is 51.0 Å². The first kappa shape index (κ1) is 14.5. The summed E-state index contributed by atoms with van der Waals surface area (Å²) in [5.41, 5.74) is 2.37. The fourth-order valence-electron chi connectivity index (χ4n) is 3.51. The summed E-state index contributed by atoms with van der Waals surface area (Å²) < 4.78 is 0. The third kappa shape index (κ3) is 3.27. The lowest BCUT2D eigenvalue weighted by Crippen LogP contribution is -2.46. The minimum atomic E-state index is 0.195. The average Bonchev–Trinajstić information content (AvgIpc) is 2.54. The smallest absolute Gasteiger partial charge is 0.241 e. The first-order valence-electron chi connectivity index (χ1n) is 7.99. The second-order valence-corrected chi connectivity index (χ2v) is 6.20. The van der Waals surface area contributed by atoms with E-state index in [2.05, 4.69) is 17.0 Å². The monoisotopic (exact) mass is 288 g/mol. The van der Waals surface area contributed by atoms with Gasteiger partial charge in [-0.25, -0.2) is 0 Å². The van der Waals surface area contributed by atoms with Crippen LogP contribution in [-0.2, 0) is 11.2 Å². The van der Waals surface area contributed by atoms with E-state index in [9.17, 15) is 9.90 Å². The number of anilines is 1. The molecule has 4 heteroatoms. The first-order valence-corrected chi connectivity index (χ1v) is 7.99. The van der Waals surface area contributed by atoms with Crippen LogP contribution in [0.25, 0.3) is 0 Å². The van der Waals surface area contributed by atoms with Crippen molar-refractivity contribution >= 4 is 11.6 Å². The van der Waals surface area contributed by atoms with Gasteiger partial charge in [-0.05, 0) is 49.8 Å². The van der Waals surface area contributed by atoms with Crippen LogP contribution in [0.1, 0.15) is 24.8 Å². The quantitative estimate of drug-likeness (QED) is 0.920. The van der Waals surface area contributed by atoms with E-state index in [-0.39, 0.29) is 12.5 Å². The zero-order valence-electron chi connectivity index (χ0n) is 12.5. The molecule has 0 aliphatic carbocycles. The molecule has 114 valence electrons. The molecule has 0 bridgehead atoms. The van der Waals surface area contributed by atoms with Crippen molar-refractivity contribution in [3.8, 4) is 0 Å². The summed E-state index contributed by atoms with van der Waals surface area (Å²) in [5.74, 6) is 0.529. The molecule has 4 nitrogen and oxygen atoms in total. The summed E-state index contributed by atoms with van der Waals surface area (Å²) >= 11 is 0. The Morgan fingerprint density at radius 3 is 2.95 bits per heavy atom. The maximum absolute atomic E-state index is 12.6. The zero-order chi connectivity index (χ0) is 14.7. The molecule has 3 rings (SSSR count). The largest absolute Gasteiger partial charge is 0.396 e. The van der Waals surface area contributed by atoms with Crippen LogP contribution in [0.15, 0.2) is 24.3 Å². The van der Waals surface area contributed by atoms with Crippen LogP contribution in [0.2, 0.25) is 0 Å². The van der Waals surface area contributed by atoms with Gasteiger partial charge in [-0.15, -0.1) is 0 Å². The van der Waals surface area contributed by atoms with Gasteiger partial charge in [-0.1, -0.05) is 18.2 Å². The third-order valence-corrected chi connectivity index (χ3v) is 4.63. The lowest BCUT2D eigenvalue weighted by Gasteiger charge is -2.35. The Hall–Kier alpha value is -1.39. The van der Waals surface area contributed by atoms with Crippen LogP contribution >= 0.6 is 0 Å². The van der Waals surface area contributed by atoms with Gasteiger partial charge in [0, 0.05) is 25.4 Å². The fourth-order valence-corrected chi connectivity index (χ4v) is 3.51. The molecule has 1 N–H and O–H groups in total. The maximum atomic E-state index is 12.6. The van der Waals surface area contributed by atoms with Gasteiger partial charge in [0.15, 0.2) is 0 Å². The van der Waals surface area contributed by atoms with E-state index < -0.39 is 0 Å². The van der Waals surface area contributed by atoms with Crippen LogP contribution in [0.3, 0.4) is 0 Å². The number of aryl methyl sites for hydroxylation is 1. The van der Waals surface area contributed by atoms with E-state index in [1.165, 1.54) is 5.56 Å². The van der Waals surface area contributed by atoms with Crippen molar-refractivity contribution in [2.75, 3.05) is 37.7 Å². The molecular formula is C17H24N2O2. The number of benzene rings is 1. The number of carbonyl (C=O) groups excluding carboxylic acids is 1. The Bertz CT molecular complexity index is 503. The Kier molecular flexibility index (Phi) is 4.56. The molecule has 1 unspecified atom stereocenters. The topological polar surface area (TPSA) is 43.8 Å². The number of aliphatic hydroxyl groups is 1. The molecule has 0 aromatic heterocycles. The summed E-state index contributed by atoms with van der Waals surface area (Å²) in [5, 5.41) is 9.30. The number of likely N-dealkylation sites (tertiary alicyclic amines) is 1. The number of nitrogens with zero attached hydrogens (tertiary/aromatic N) is 2. The van der Waals surface area contributed by atoms with E-state index in [4.69, 9.17) is 0 Å². The second kappa shape index (κ2) is 6.58. The minimum absolute atomic E-state index is 0.195. The molecule has 0 saturated carbocycles. The highest BCUT2D eigenvalue weighted by Gasteiger charge is 2.26. The van der Waals surface area contributed by atoms with Crippen molar-refractivity contribution in [1.29, 1.82) is 0 Å². The molecular weight excluding hydrogens is 264 g/mol. The van der Waals surface area contributed by atoms with Crippen LogP contribution in [0.4, 0.5) is 5.69 Å². The molecule has 2 aliphatic rings. The van der Waals surface area contributed by atoms with E-state index >= 15 is 0 Å². The van der Waals surface area contributed by atoms with Gasteiger partial charge in [0.1, 0.15) is 0 Å². The van der Waals surface area contributed by atoms with Gasteiger partial charge in [0.2, 0.25) is 5.91 Å². The zero-order valence-corrected chi connectivity index (χ0v) is 12.5. The molecule has 2 heterocycles. The van der Waals surface area contributed by atoms with Gasteiger partial charge in [-0.2, -0.15) is 0 Å². The molecule has 1 saturated heterocycles. The number of hydrogen-bond donors (Lipinski definition) is 1. The lowest BCUT2D eigenvalue weighted by molar-refractivity contribution is -0.120. The molecule has 1 aromatic rings. The number of para-hydroxylation sites is 1. The van der Waals surface area contributed by atoms with Gasteiger partial charge >= 0.3 is 0 Å². The minimum Gasteiger partial charge on any atom is -0.396 e. The highest BCUT2D eigenvalue weighted by molar-refractivity contribution is 5.95. The van der Waals surface area contributed by atoms with E-state index in [1.807, 2.05) is 17.0 Å². The predicted octanol–water partition coefficient (Wildman–Crippen LogP) is 1.67. The molecule has 1 aromatic carbocycles. The number of amides is 1. The molecule has 0 radical (unpaired) electrons. The van der Waals surface area contributed by atoms with Crippen LogP contribution in [0.5, 0.6) is 0 Å². The second-order valence-electron chi connectivity index (χ2n) is 6.20. The summed E-state index contributed by atoms with van der Waals surface area (Å²) in [6.07, 6.45) is 4.26. The standard InChI is InChI=1S/C17H24N2O2/c20-13-14-5-3-9-18(11-14)12-17(21)19-10-4-7-15-6-1-2-8-16(15)19/h1-2,6,8,14,20H,3-5,7,9-13H2. The number of fused-ring (bicyclic) bond motifs is 1. The van der Waals surface area contributed by atoms with Gasteiger partial charge in [0.25, 0.3) is 0 Å². The third-order valence-electron chi connectivity index (χ3n) is 4.63. The SMILES string of the molecule is O=C(CN1CCCC(CO)C1)N1CCCc2ccccc21. The van der Waals surface area contributed by atoms with Gasteiger partial charge in [0.05, 0.1) is 6.54 Å². The van der Waals surface area contributed by atoms with Gasteiger partial charge < -0.3 is 10.0 Å². The van der Waals surface area contributed by atoms with Crippen molar-refractivity contribution in [1.82, 2.24) is 4.90 Å². The normalized spacial score (nSPS) is 22.9. The first-order chi connectivity index (χ1) is 10.3. The Morgan fingerprint density at radius 1 is 1.24 bits per heavy atom. The van der Waals surface area contributed by atoms with Crippen molar-refractivity contribution < 1.29 is 9.90 Å². The summed E-state index contributed by atoms with van der Waals surface area (Å²) in [4.78, 5) is 16.8. The number of hydrogen-bond acceptors (Lipinski definition) is 3. The average molecular weight is 288 g/mol. The van der Waals surface area contributed by atoms with Crippen molar-refractivity contribution in [3.05, 3.63) is 29.8 Å². The lowest BCUT2D eigenvalue weighted by atomic mass is 9.99. The van der Waals surface area contributed by atoms with Crippen molar-refractivity contribution in [2.45, 2.75) is 25.7 Å². The Balaban J connectivity index is 1.66. The van der Waals surface area contributed by atoms with Crippen LogP contribution in [0, 0.1) is 5.92 Å². The number of piperidine rings is 1. The number of rotatable bonds is 3. The summed E-state index contributed by atoms with van der Waals surface area (Å²) in [6.45, 7) is 3.35. The summed E-state index contributed by atoms with van der Waals surface area (Å²) in [7, 11) is 0. The molecule has 2 aliphatic heterocycles. The van der Waals surface area contributed by atoms with Crippen LogP contribution in [-0.4, -0.2) is 48.7 Å². The predicted molar refractivity (Wildman–Crippen MR) is 83.4 cm³/mol. The van der Waals surface area contributed by atoms with Crippen LogP contribution < -0.4 is 4.90 Å². The van der Waals surface area contributed by atoms with E-state index in [0.29, 0.717) is 12.5 Å². The molecule has 0 spiro atoms. The highest BCUT2D eigenvalue weighted by Crippen LogP contribution is 2.27. The van der Waals surface area contributed by atoms with Crippen molar-refractivity contribution in [2.24, 2.45) is 5.92 Å². The maximum Gasteiger partial charge on any atom is 0.241 e. The molecule has 21 heavy (non-hydrogen) atoms. The molecule has 1 atom stereocenters. The molecule has 1 amide bonds. The van der Waals surface area contributed by atoms with Crippen molar-refractivity contribution in [3.63, 3.8) is 0 Å². The molecule has 1 fully saturated rings. The Labute approximate surface area is 126 Å². The number of carbonyl (C=O) groups is 1. The van der Waals surface area contributed by atoms with Gasteiger partial charge in [-0.3, -0.25) is 9.69 Å². The summed E-state index contributed by atoms with van der Waals surface area (Å²) in [6, 6.07) is 8.23. The number of aliphatic hydroxyl groups excluding tert-OH is 1.